The van der Waals surface area contributed by atoms with Crippen LogP contribution in [-0.2, 0) is 11.3 Å². The number of nitrogens with zero attached hydrogens (tertiary/aromatic N) is 4. The summed E-state index contributed by atoms with van der Waals surface area (Å²) in [4.78, 5) is 14.1. The third kappa shape index (κ3) is 4.09. The van der Waals surface area contributed by atoms with Gasteiger partial charge in [0.15, 0.2) is 5.16 Å². The molecule has 0 atom stereocenters. The van der Waals surface area contributed by atoms with E-state index in [1.807, 2.05) is 18.7 Å². The average molecular weight is 308 g/mol. The second-order valence-electron chi connectivity index (χ2n) is 5.51. The van der Waals surface area contributed by atoms with Crippen LogP contribution in [0.25, 0.3) is 0 Å². The van der Waals surface area contributed by atoms with E-state index in [9.17, 15) is 4.79 Å². The molecule has 1 aromatic rings. The van der Waals surface area contributed by atoms with Gasteiger partial charge >= 0.3 is 0 Å². The topological polar surface area (TPSA) is 51.0 Å². The number of likely N-dealkylation sites (N-methyl/N-ethyl adjacent to an activating group) is 1. The predicted octanol–water partition coefficient (Wildman–Crippen LogP) is 2.69. The number of carbonyl (C=O) groups is 1. The fourth-order valence-electron chi connectivity index (χ4n) is 2.27. The lowest BCUT2D eigenvalue weighted by Crippen LogP contribution is -2.33. The lowest BCUT2D eigenvalue weighted by atomic mass is 10.3. The lowest BCUT2D eigenvalue weighted by molar-refractivity contribution is -0.127. The predicted molar refractivity (Wildman–Crippen MR) is 85.5 cm³/mol. The van der Waals surface area contributed by atoms with Crippen molar-refractivity contribution in [2.24, 2.45) is 0 Å². The molecular weight excluding hydrogens is 284 g/mol. The molecule has 21 heavy (non-hydrogen) atoms. The first-order valence-corrected chi connectivity index (χ1v) is 8.53. The first kappa shape index (κ1) is 16.1. The van der Waals surface area contributed by atoms with Crippen LogP contribution in [-0.4, -0.2) is 44.4 Å². The first-order chi connectivity index (χ1) is 10.1. The van der Waals surface area contributed by atoms with E-state index < -0.39 is 0 Å². The minimum absolute atomic E-state index is 0.129. The van der Waals surface area contributed by atoms with E-state index in [2.05, 4.69) is 28.3 Å². The molecule has 0 saturated heterocycles. The molecule has 0 radical (unpaired) electrons. The van der Waals surface area contributed by atoms with E-state index in [1.165, 1.54) is 24.6 Å². The quantitative estimate of drug-likeness (QED) is 0.547. The van der Waals surface area contributed by atoms with E-state index in [1.54, 1.807) is 0 Å². The third-order valence-electron chi connectivity index (χ3n) is 3.52. The normalized spacial score (nSPS) is 14.2. The summed E-state index contributed by atoms with van der Waals surface area (Å²) in [5.74, 6) is 2.20. The average Bonchev–Trinajstić information content (AvgIpc) is 3.22. The van der Waals surface area contributed by atoms with Gasteiger partial charge in [0.2, 0.25) is 5.91 Å². The van der Waals surface area contributed by atoms with Gasteiger partial charge in [0.25, 0.3) is 0 Å². The molecule has 1 amide bonds. The van der Waals surface area contributed by atoms with Crippen molar-refractivity contribution in [3.63, 3.8) is 0 Å². The monoisotopic (exact) mass is 308 g/mol. The smallest absolute Gasteiger partial charge is 0.233 e. The molecule has 116 valence electrons. The zero-order valence-electron chi connectivity index (χ0n) is 13.1. The molecule has 1 saturated carbocycles. The molecule has 0 N–H and O–H groups in total. The fraction of sp³-hybridized carbons (Fsp3) is 0.667. The maximum atomic E-state index is 12.2. The Morgan fingerprint density at radius 3 is 2.67 bits per heavy atom. The maximum absolute atomic E-state index is 12.2. The number of carbonyl (C=O) groups excluding carboxylic acids is 1. The van der Waals surface area contributed by atoms with Crippen molar-refractivity contribution in [2.45, 2.75) is 51.2 Å². The Hall–Kier alpha value is -1.30. The Balaban J connectivity index is 1.95. The third-order valence-corrected chi connectivity index (χ3v) is 4.48. The summed E-state index contributed by atoms with van der Waals surface area (Å²) in [7, 11) is 0. The van der Waals surface area contributed by atoms with E-state index in [-0.39, 0.29) is 5.91 Å². The maximum Gasteiger partial charge on any atom is 0.233 e. The van der Waals surface area contributed by atoms with Gasteiger partial charge < -0.3 is 9.47 Å². The summed E-state index contributed by atoms with van der Waals surface area (Å²) in [5, 5.41) is 9.41. The van der Waals surface area contributed by atoms with Crippen molar-refractivity contribution in [3.05, 3.63) is 18.0 Å². The fourth-order valence-corrected chi connectivity index (χ4v) is 3.18. The minimum atomic E-state index is 0.129. The van der Waals surface area contributed by atoms with Gasteiger partial charge in [-0.2, -0.15) is 0 Å². The number of aromatic nitrogens is 3. The molecule has 1 aromatic heterocycles. The van der Waals surface area contributed by atoms with Crippen molar-refractivity contribution >= 4 is 17.7 Å². The number of thioether (sulfide) groups is 1. The highest BCUT2D eigenvalue weighted by atomic mass is 32.2. The van der Waals surface area contributed by atoms with Crippen LogP contribution in [0.4, 0.5) is 0 Å². The van der Waals surface area contributed by atoms with Crippen LogP contribution in [0.3, 0.4) is 0 Å². The van der Waals surface area contributed by atoms with Crippen LogP contribution in [0.5, 0.6) is 0 Å². The van der Waals surface area contributed by atoms with Crippen molar-refractivity contribution in [2.75, 3.05) is 18.8 Å². The summed E-state index contributed by atoms with van der Waals surface area (Å²) in [6, 6.07) is 0. The summed E-state index contributed by atoms with van der Waals surface area (Å²) in [5.41, 5.74) is 1.00. The summed E-state index contributed by atoms with van der Waals surface area (Å²) < 4.78 is 2.14. The van der Waals surface area contributed by atoms with Gasteiger partial charge in [0.05, 0.1) is 5.75 Å². The van der Waals surface area contributed by atoms with Gasteiger partial charge in [-0.15, -0.1) is 10.2 Å². The van der Waals surface area contributed by atoms with Crippen LogP contribution >= 0.6 is 11.8 Å². The van der Waals surface area contributed by atoms with Gasteiger partial charge in [-0.3, -0.25) is 4.79 Å². The second-order valence-corrected chi connectivity index (χ2v) is 6.46. The van der Waals surface area contributed by atoms with E-state index in [0.717, 1.165) is 23.1 Å². The van der Waals surface area contributed by atoms with Crippen LogP contribution < -0.4 is 0 Å². The Bertz CT molecular complexity index is 522. The van der Waals surface area contributed by atoms with Gasteiger partial charge in [-0.1, -0.05) is 23.9 Å². The van der Waals surface area contributed by atoms with Crippen LogP contribution in [0.1, 0.15) is 45.4 Å². The minimum Gasteiger partial charge on any atom is -0.338 e. The molecule has 0 bridgehead atoms. The van der Waals surface area contributed by atoms with E-state index >= 15 is 0 Å². The number of amides is 1. The molecule has 5 nitrogen and oxygen atoms in total. The van der Waals surface area contributed by atoms with Crippen molar-refractivity contribution < 1.29 is 4.79 Å². The molecule has 1 aliphatic rings. The second kappa shape index (κ2) is 7.11. The molecule has 6 heteroatoms. The zero-order chi connectivity index (χ0) is 15.4. The van der Waals surface area contributed by atoms with E-state index in [0.29, 0.717) is 24.8 Å². The highest BCUT2D eigenvalue weighted by Gasteiger charge is 2.30. The van der Waals surface area contributed by atoms with Gasteiger partial charge in [0, 0.05) is 25.6 Å². The SMILES string of the molecule is C=C(C)CN(CC)C(=O)CSc1nnc(C2CC2)n1CC. The molecule has 0 unspecified atom stereocenters. The lowest BCUT2D eigenvalue weighted by Gasteiger charge is -2.20. The highest BCUT2D eigenvalue weighted by molar-refractivity contribution is 7.99. The van der Waals surface area contributed by atoms with Crippen LogP contribution in [0.15, 0.2) is 17.3 Å². The number of hydrogen-bond acceptors (Lipinski definition) is 4. The first-order valence-electron chi connectivity index (χ1n) is 7.54. The molecule has 1 aliphatic carbocycles. The van der Waals surface area contributed by atoms with Crippen LogP contribution in [0.2, 0.25) is 0 Å². The summed E-state index contributed by atoms with van der Waals surface area (Å²) >= 11 is 1.49. The number of hydrogen-bond donors (Lipinski definition) is 0. The van der Waals surface area contributed by atoms with Crippen LogP contribution in [0, 0.1) is 0 Å². The van der Waals surface area contributed by atoms with Crippen molar-refractivity contribution in [3.8, 4) is 0 Å². The van der Waals surface area contributed by atoms with Gasteiger partial charge in [-0.25, -0.2) is 0 Å². The van der Waals surface area contributed by atoms with E-state index in [4.69, 9.17) is 0 Å². The standard InChI is InChI=1S/C15H24N4OS/c1-5-18(9-11(3)4)13(20)10-21-15-17-16-14(12-7-8-12)19(15)6-2/h12H,3,5-10H2,1-2,4H3. The Morgan fingerprint density at radius 1 is 1.43 bits per heavy atom. The van der Waals surface area contributed by atoms with Gasteiger partial charge in [0.1, 0.15) is 5.82 Å². The molecular formula is C15H24N4OS. The molecule has 1 heterocycles. The number of rotatable bonds is 8. The Kier molecular flexibility index (Phi) is 5.45. The summed E-state index contributed by atoms with van der Waals surface area (Å²) in [6.07, 6.45) is 2.42. The molecule has 2 rings (SSSR count). The molecule has 0 aromatic carbocycles. The zero-order valence-corrected chi connectivity index (χ0v) is 13.9. The summed E-state index contributed by atoms with van der Waals surface area (Å²) in [6.45, 7) is 12.1. The highest BCUT2D eigenvalue weighted by Crippen LogP contribution is 2.39. The van der Waals surface area contributed by atoms with Crippen molar-refractivity contribution in [1.82, 2.24) is 19.7 Å². The Morgan fingerprint density at radius 2 is 2.14 bits per heavy atom. The Labute approximate surface area is 130 Å². The molecule has 0 aliphatic heterocycles. The molecule has 0 spiro atoms. The largest absolute Gasteiger partial charge is 0.338 e. The molecule has 1 fully saturated rings. The van der Waals surface area contributed by atoms with Crippen molar-refractivity contribution in [1.29, 1.82) is 0 Å². The van der Waals surface area contributed by atoms with Gasteiger partial charge in [-0.05, 0) is 33.6 Å².